The van der Waals surface area contributed by atoms with Crippen LogP contribution in [0.4, 0.5) is 4.79 Å². The summed E-state index contributed by atoms with van der Waals surface area (Å²) in [6.07, 6.45) is 2.69. The number of carbonyl (C=O) groups is 3. The van der Waals surface area contributed by atoms with Gasteiger partial charge in [-0.05, 0) is 43.0 Å². The molecule has 0 saturated heterocycles. The molecule has 29 heavy (non-hydrogen) atoms. The van der Waals surface area contributed by atoms with Gasteiger partial charge in [-0.25, -0.2) is 9.59 Å². The summed E-state index contributed by atoms with van der Waals surface area (Å²) in [6.45, 7) is -0.0765. The van der Waals surface area contributed by atoms with Gasteiger partial charge in [0.15, 0.2) is 24.2 Å². The van der Waals surface area contributed by atoms with E-state index in [1.165, 1.54) is 21.8 Å². The van der Waals surface area contributed by atoms with E-state index in [-0.39, 0.29) is 19.3 Å². The van der Waals surface area contributed by atoms with E-state index in [1.807, 2.05) is 18.2 Å². The molecule has 3 amide bonds. The number of benzene rings is 1. The van der Waals surface area contributed by atoms with Crippen LogP contribution in [0.25, 0.3) is 0 Å². The van der Waals surface area contributed by atoms with Crippen LogP contribution >= 0.6 is 11.3 Å². The quantitative estimate of drug-likeness (QED) is 0.724. The lowest BCUT2D eigenvalue weighted by Crippen LogP contribution is -2.46. The summed E-state index contributed by atoms with van der Waals surface area (Å²) in [5.41, 5.74) is 1.18. The van der Waals surface area contributed by atoms with Gasteiger partial charge >= 0.3 is 12.0 Å². The van der Waals surface area contributed by atoms with Gasteiger partial charge in [-0.2, -0.15) is 0 Å². The number of urea groups is 1. The molecule has 0 fully saturated rings. The Morgan fingerprint density at radius 3 is 2.83 bits per heavy atom. The number of aryl methyl sites for hydroxylation is 2. The standard InChI is InChI=1S/C20H20N2O6S/c23-18(11-27-19(24)17-8-12-4-3-7-16(12)29-17)22-20(25)21-9-13-10-26-14-5-1-2-6-15(14)28-13/h1-2,5-6,8,13H,3-4,7,9-11H2,(H2,21,22,23,25). The van der Waals surface area contributed by atoms with Gasteiger partial charge in [0, 0.05) is 4.88 Å². The van der Waals surface area contributed by atoms with Crippen molar-refractivity contribution in [2.75, 3.05) is 19.8 Å². The highest BCUT2D eigenvalue weighted by Crippen LogP contribution is 2.31. The first-order valence-electron chi connectivity index (χ1n) is 9.33. The summed E-state index contributed by atoms with van der Waals surface area (Å²) in [4.78, 5) is 37.5. The van der Waals surface area contributed by atoms with E-state index < -0.39 is 24.5 Å². The lowest BCUT2D eigenvalue weighted by atomic mass is 10.2. The van der Waals surface area contributed by atoms with E-state index in [1.54, 1.807) is 12.1 Å². The molecule has 0 saturated carbocycles. The molecule has 152 valence electrons. The normalized spacial score (nSPS) is 16.6. The maximum absolute atomic E-state index is 12.1. The van der Waals surface area contributed by atoms with Gasteiger partial charge in [0.2, 0.25) is 0 Å². The molecule has 2 aliphatic rings. The zero-order valence-corrected chi connectivity index (χ0v) is 16.4. The minimum atomic E-state index is -0.703. The average Bonchev–Trinajstić information content (AvgIpc) is 3.33. The van der Waals surface area contributed by atoms with Gasteiger partial charge in [-0.1, -0.05) is 12.1 Å². The Bertz CT molecular complexity index is 919. The van der Waals surface area contributed by atoms with Crippen LogP contribution in [0.5, 0.6) is 11.5 Å². The highest BCUT2D eigenvalue weighted by Gasteiger charge is 2.22. The minimum Gasteiger partial charge on any atom is -0.486 e. The minimum absolute atomic E-state index is 0.161. The van der Waals surface area contributed by atoms with Crippen LogP contribution in [0, 0.1) is 0 Å². The predicted molar refractivity (Wildman–Crippen MR) is 105 cm³/mol. The Kier molecular flexibility index (Phi) is 5.66. The van der Waals surface area contributed by atoms with E-state index in [0.717, 1.165) is 19.3 Å². The molecule has 0 radical (unpaired) electrons. The van der Waals surface area contributed by atoms with Gasteiger partial charge < -0.3 is 19.5 Å². The fourth-order valence-corrected chi connectivity index (χ4v) is 4.36. The zero-order chi connectivity index (χ0) is 20.2. The molecular formula is C20H20N2O6S. The van der Waals surface area contributed by atoms with Crippen molar-refractivity contribution in [3.8, 4) is 11.5 Å². The molecule has 2 heterocycles. The summed E-state index contributed by atoms with van der Waals surface area (Å²) in [5.74, 6) is 0.00662. The van der Waals surface area contributed by atoms with Gasteiger partial charge in [-0.3, -0.25) is 10.1 Å². The topological polar surface area (TPSA) is 103 Å². The van der Waals surface area contributed by atoms with Gasteiger partial charge in [-0.15, -0.1) is 11.3 Å². The molecule has 4 rings (SSSR count). The Morgan fingerprint density at radius 2 is 2.00 bits per heavy atom. The van der Waals surface area contributed by atoms with E-state index >= 15 is 0 Å². The summed E-state index contributed by atoms with van der Waals surface area (Å²) in [6, 6.07) is 8.39. The fourth-order valence-electron chi connectivity index (χ4n) is 3.21. The second-order valence-corrected chi connectivity index (χ2v) is 7.88. The Morgan fingerprint density at radius 1 is 1.17 bits per heavy atom. The molecule has 0 spiro atoms. The number of ether oxygens (including phenoxy) is 3. The molecule has 1 aromatic heterocycles. The number of nitrogens with one attached hydrogen (secondary N) is 2. The van der Waals surface area contributed by atoms with Crippen molar-refractivity contribution >= 4 is 29.2 Å². The molecule has 2 N–H and O–H groups in total. The summed E-state index contributed by atoms with van der Waals surface area (Å²) < 4.78 is 16.3. The zero-order valence-electron chi connectivity index (χ0n) is 15.6. The van der Waals surface area contributed by atoms with Crippen molar-refractivity contribution in [2.24, 2.45) is 0 Å². The molecule has 1 aromatic carbocycles. The number of esters is 1. The number of para-hydroxylation sites is 2. The van der Waals surface area contributed by atoms with Crippen molar-refractivity contribution in [1.29, 1.82) is 0 Å². The van der Waals surface area contributed by atoms with Crippen LogP contribution in [0.2, 0.25) is 0 Å². The van der Waals surface area contributed by atoms with Crippen molar-refractivity contribution in [1.82, 2.24) is 10.6 Å². The molecule has 8 nitrogen and oxygen atoms in total. The van der Waals surface area contributed by atoms with Gasteiger partial charge in [0.05, 0.1) is 6.54 Å². The first-order chi connectivity index (χ1) is 14.1. The van der Waals surface area contributed by atoms with Crippen molar-refractivity contribution in [3.63, 3.8) is 0 Å². The molecule has 9 heteroatoms. The monoisotopic (exact) mass is 416 g/mol. The second kappa shape index (κ2) is 8.52. The summed E-state index contributed by atoms with van der Waals surface area (Å²) in [7, 11) is 0. The fraction of sp³-hybridized carbons (Fsp3) is 0.350. The summed E-state index contributed by atoms with van der Waals surface area (Å²) >= 11 is 1.40. The lowest BCUT2D eigenvalue weighted by molar-refractivity contribution is -0.123. The first-order valence-corrected chi connectivity index (χ1v) is 10.1. The highest BCUT2D eigenvalue weighted by molar-refractivity contribution is 7.14. The largest absolute Gasteiger partial charge is 0.486 e. The van der Waals surface area contributed by atoms with Crippen LogP contribution < -0.4 is 20.1 Å². The highest BCUT2D eigenvalue weighted by atomic mass is 32.1. The predicted octanol–water partition coefficient (Wildman–Crippen LogP) is 2.06. The lowest BCUT2D eigenvalue weighted by Gasteiger charge is -2.26. The number of amides is 3. The van der Waals surface area contributed by atoms with Crippen LogP contribution in [-0.2, 0) is 22.4 Å². The van der Waals surface area contributed by atoms with E-state index in [0.29, 0.717) is 16.4 Å². The van der Waals surface area contributed by atoms with Crippen molar-refractivity contribution < 1.29 is 28.6 Å². The number of rotatable bonds is 5. The molecule has 0 bridgehead atoms. The molecule has 1 unspecified atom stereocenters. The molecule has 1 aliphatic carbocycles. The van der Waals surface area contributed by atoms with Gasteiger partial charge in [0.25, 0.3) is 5.91 Å². The second-order valence-electron chi connectivity index (χ2n) is 6.74. The Hall–Kier alpha value is -3.07. The van der Waals surface area contributed by atoms with E-state index in [9.17, 15) is 14.4 Å². The third kappa shape index (κ3) is 4.68. The number of hydrogen-bond acceptors (Lipinski definition) is 7. The van der Waals surface area contributed by atoms with E-state index in [2.05, 4.69) is 10.6 Å². The first kappa shape index (κ1) is 19.3. The Balaban J connectivity index is 1.17. The van der Waals surface area contributed by atoms with Gasteiger partial charge in [0.1, 0.15) is 11.5 Å². The van der Waals surface area contributed by atoms with E-state index in [4.69, 9.17) is 14.2 Å². The molecule has 2 aromatic rings. The maximum Gasteiger partial charge on any atom is 0.348 e. The third-order valence-corrected chi connectivity index (χ3v) is 5.81. The number of fused-ring (bicyclic) bond motifs is 2. The Labute approximate surface area is 171 Å². The maximum atomic E-state index is 12.1. The number of hydrogen-bond donors (Lipinski definition) is 2. The molecule has 1 atom stereocenters. The van der Waals surface area contributed by atoms with Crippen LogP contribution in [0.1, 0.15) is 26.5 Å². The number of carbonyl (C=O) groups excluding carboxylic acids is 3. The van der Waals surface area contributed by atoms with Crippen molar-refractivity contribution in [3.05, 3.63) is 45.6 Å². The van der Waals surface area contributed by atoms with Crippen molar-refractivity contribution in [2.45, 2.75) is 25.4 Å². The number of thiophene rings is 1. The van der Waals surface area contributed by atoms with Crippen LogP contribution in [-0.4, -0.2) is 43.8 Å². The molecular weight excluding hydrogens is 396 g/mol. The molecule has 1 aliphatic heterocycles. The summed E-state index contributed by atoms with van der Waals surface area (Å²) in [5, 5.41) is 4.67. The average molecular weight is 416 g/mol. The smallest absolute Gasteiger partial charge is 0.348 e. The van der Waals surface area contributed by atoms with Crippen LogP contribution in [0.3, 0.4) is 0 Å². The SMILES string of the molecule is O=C(COC(=O)c1cc2c(s1)CCC2)NC(=O)NCC1COc2ccccc2O1. The third-order valence-electron chi connectivity index (χ3n) is 4.59. The number of imide groups is 1. The van der Waals surface area contributed by atoms with Crippen LogP contribution in [0.15, 0.2) is 30.3 Å².